The quantitative estimate of drug-likeness (QED) is 0.498. The van der Waals surface area contributed by atoms with E-state index in [9.17, 15) is 4.79 Å². The molecule has 0 aliphatic rings. The lowest BCUT2D eigenvalue weighted by atomic mass is 10.1. The second-order valence-electron chi connectivity index (χ2n) is 2.79. The average molecular weight is 154 g/mol. The van der Waals surface area contributed by atoms with Gasteiger partial charge in [0.15, 0.2) is 0 Å². The van der Waals surface area contributed by atoms with Gasteiger partial charge in [-0.3, -0.25) is 0 Å². The predicted molar refractivity (Wildman–Crippen MR) is 45.4 cm³/mol. The molecule has 1 N–H and O–H groups in total. The molecule has 0 aromatic heterocycles. The normalized spacial score (nSPS) is 11.3. The number of allylic oxidation sites excluding steroid dienone is 2. The summed E-state index contributed by atoms with van der Waals surface area (Å²) in [5.41, 5.74) is 1.98. The van der Waals surface area contributed by atoms with Crippen molar-refractivity contribution in [3.8, 4) is 0 Å². The Labute approximate surface area is 67.2 Å². The van der Waals surface area contributed by atoms with E-state index in [2.05, 4.69) is 6.58 Å². The molecule has 0 aliphatic carbocycles. The molecule has 2 heteroatoms. The maximum Gasteiger partial charge on any atom is 0.328 e. The van der Waals surface area contributed by atoms with Gasteiger partial charge in [0.1, 0.15) is 0 Å². The molecule has 0 spiro atoms. The molecule has 0 bridgehead atoms. The van der Waals surface area contributed by atoms with Crippen LogP contribution in [-0.2, 0) is 4.79 Å². The van der Waals surface area contributed by atoms with Crippen molar-refractivity contribution < 1.29 is 9.90 Å². The van der Waals surface area contributed by atoms with E-state index in [1.807, 2.05) is 13.8 Å². The summed E-state index contributed by atoms with van der Waals surface area (Å²) in [6, 6.07) is 0. The minimum absolute atomic E-state index is 0.793. The maximum absolute atomic E-state index is 10.2. The first kappa shape index (κ1) is 9.95. The van der Waals surface area contributed by atoms with Crippen LogP contribution in [-0.4, -0.2) is 11.1 Å². The Kier molecular flexibility index (Phi) is 4.27. The molecule has 11 heavy (non-hydrogen) atoms. The maximum atomic E-state index is 10.2. The molecule has 0 aromatic carbocycles. The molecular formula is C9H14O2. The van der Waals surface area contributed by atoms with Gasteiger partial charge in [0.2, 0.25) is 0 Å². The summed E-state index contributed by atoms with van der Waals surface area (Å²) in [5.74, 6) is -0.871. The van der Waals surface area contributed by atoms with Gasteiger partial charge in [-0.25, -0.2) is 4.79 Å². The molecule has 0 radical (unpaired) electrons. The molecule has 0 unspecified atom stereocenters. The Morgan fingerprint density at radius 1 is 1.45 bits per heavy atom. The minimum atomic E-state index is -0.871. The third-order valence-electron chi connectivity index (χ3n) is 1.32. The third-order valence-corrected chi connectivity index (χ3v) is 1.32. The Morgan fingerprint density at radius 2 is 2.00 bits per heavy atom. The highest BCUT2D eigenvalue weighted by molar-refractivity contribution is 5.80. The van der Waals surface area contributed by atoms with Gasteiger partial charge in [-0.15, -0.1) is 6.58 Å². The van der Waals surface area contributed by atoms with Crippen molar-refractivity contribution in [1.82, 2.24) is 0 Å². The van der Waals surface area contributed by atoms with Crippen LogP contribution >= 0.6 is 0 Å². The highest BCUT2D eigenvalue weighted by Gasteiger charge is 1.94. The summed E-state index contributed by atoms with van der Waals surface area (Å²) in [5, 5.41) is 8.35. The van der Waals surface area contributed by atoms with Gasteiger partial charge in [0.25, 0.3) is 0 Å². The number of carboxylic acids is 1. The molecule has 0 heterocycles. The fourth-order valence-corrected chi connectivity index (χ4v) is 0.694. The lowest BCUT2D eigenvalue weighted by Crippen LogP contribution is -1.90. The number of aliphatic carboxylic acids is 1. The van der Waals surface area contributed by atoms with Crippen LogP contribution in [0.2, 0.25) is 0 Å². The SMILES string of the molecule is C=C(C)CC/C(C)=C/C(=O)O. The molecule has 0 aliphatic heterocycles. The molecule has 0 saturated carbocycles. The monoisotopic (exact) mass is 154 g/mol. The summed E-state index contributed by atoms with van der Waals surface area (Å²) < 4.78 is 0. The lowest BCUT2D eigenvalue weighted by molar-refractivity contribution is -0.131. The number of hydrogen-bond acceptors (Lipinski definition) is 1. The largest absolute Gasteiger partial charge is 0.478 e. The zero-order valence-corrected chi connectivity index (χ0v) is 7.05. The van der Waals surface area contributed by atoms with Gasteiger partial charge in [-0.05, 0) is 26.7 Å². The third kappa shape index (κ3) is 6.84. The highest BCUT2D eigenvalue weighted by atomic mass is 16.4. The van der Waals surface area contributed by atoms with Gasteiger partial charge in [-0.1, -0.05) is 11.1 Å². The van der Waals surface area contributed by atoms with Gasteiger partial charge < -0.3 is 5.11 Å². The van der Waals surface area contributed by atoms with Crippen molar-refractivity contribution in [3.05, 3.63) is 23.8 Å². The van der Waals surface area contributed by atoms with Crippen LogP contribution in [0, 0.1) is 0 Å². The second kappa shape index (κ2) is 4.72. The predicted octanol–water partition coefficient (Wildman–Crippen LogP) is 2.37. The van der Waals surface area contributed by atoms with E-state index < -0.39 is 5.97 Å². The van der Waals surface area contributed by atoms with Crippen LogP contribution < -0.4 is 0 Å². The van der Waals surface area contributed by atoms with E-state index in [0.717, 1.165) is 24.0 Å². The number of carbonyl (C=O) groups is 1. The van der Waals surface area contributed by atoms with Crippen molar-refractivity contribution in [2.75, 3.05) is 0 Å². The van der Waals surface area contributed by atoms with Gasteiger partial charge >= 0.3 is 5.97 Å². The van der Waals surface area contributed by atoms with E-state index in [0.29, 0.717) is 0 Å². The van der Waals surface area contributed by atoms with Crippen LogP contribution in [0.4, 0.5) is 0 Å². The standard InChI is InChI=1S/C9H14O2/c1-7(2)4-5-8(3)6-9(10)11/h6H,1,4-5H2,2-3H3,(H,10,11)/b8-6+. The first-order valence-corrected chi connectivity index (χ1v) is 3.57. The average Bonchev–Trinajstić information content (AvgIpc) is 1.82. The van der Waals surface area contributed by atoms with Crippen LogP contribution in [0.1, 0.15) is 26.7 Å². The summed E-state index contributed by atoms with van der Waals surface area (Å²) in [6.07, 6.45) is 2.90. The van der Waals surface area contributed by atoms with Crippen molar-refractivity contribution in [2.45, 2.75) is 26.7 Å². The number of carboxylic acid groups (broad SMARTS) is 1. The minimum Gasteiger partial charge on any atom is -0.478 e. The van der Waals surface area contributed by atoms with Gasteiger partial charge in [-0.2, -0.15) is 0 Å². The van der Waals surface area contributed by atoms with Crippen LogP contribution in [0.25, 0.3) is 0 Å². The van der Waals surface area contributed by atoms with E-state index in [-0.39, 0.29) is 0 Å². The van der Waals surface area contributed by atoms with Gasteiger partial charge in [0, 0.05) is 6.08 Å². The van der Waals surface area contributed by atoms with Crippen molar-refractivity contribution in [3.63, 3.8) is 0 Å². The first-order valence-electron chi connectivity index (χ1n) is 3.57. The second-order valence-corrected chi connectivity index (χ2v) is 2.79. The van der Waals surface area contributed by atoms with E-state index in [1.165, 1.54) is 6.08 Å². The Balaban J connectivity index is 3.77. The summed E-state index contributed by atoms with van der Waals surface area (Å²) in [7, 11) is 0. The van der Waals surface area contributed by atoms with Crippen LogP contribution in [0.15, 0.2) is 23.8 Å². The van der Waals surface area contributed by atoms with Gasteiger partial charge in [0.05, 0.1) is 0 Å². The van der Waals surface area contributed by atoms with Crippen molar-refractivity contribution in [1.29, 1.82) is 0 Å². The van der Waals surface area contributed by atoms with Crippen molar-refractivity contribution >= 4 is 5.97 Å². The topological polar surface area (TPSA) is 37.3 Å². The molecule has 0 aromatic rings. The zero-order chi connectivity index (χ0) is 8.85. The number of rotatable bonds is 4. The van der Waals surface area contributed by atoms with E-state index in [4.69, 9.17) is 5.11 Å². The smallest absolute Gasteiger partial charge is 0.328 e. The lowest BCUT2D eigenvalue weighted by Gasteiger charge is -1.98. The van der Waals surface area contributed by atoms with Crippen LogP contribution in [0.5, 0.6) is 0 Å². The fraction of sp³-hybridized carbons (Fsp3) is 0.444. The molecule has 0 amide bonds. The molecule has 0 saturated heterocycles. The summed E-state index contributed by atoms with van der Waals surface area (Å²) in [4.78, 5) is 10.2. The zero-order valence-electron chi connectivity index (χ0n) is 7.05. The van der Waals surface area contributed by atoms with E-state index >= 15 is 0 Å². The fourth-order valence-electron chi connectivity index (χ4n) is 0.694. The molecule has 0 fully saturated rings. The summed E-state index contributed by atoms with van der Waals surface area (Å²) >= 11 is 0. The van der Waals surface area contributed by atoms with Crippen molar-refractivity contribution in [2.24, 2.45) is 0 Å². The van der Waals surface area contributed by atoms with E-state index in [1.54, 1.807) is 0 Å². The first-order chi connectivity index (χ1) is 5.02. The number of hydrogen-bond donors (Lipinski definition) is 1. The highest BCUT2D eigenvalue weighted by Crippen LogP contribution is 2.08. The Hall–Kier alpha value is -1.05. The molecule has 2 nitrogen and oxygen atoms in total. The molecular weight excluding hydrogens is 140 g/mol. The Bertz CT molecular complexity index is 190. The molecule has 0 rings (SSSR count). The molecule has 62 valence electrons. The van der Waals surface area contributed by atoms with Crippen LogP contribution in [0.3, 0.4) is 0 Å². The molecule has 0 atom stereocenters. The summed E-state index contributed by atoms with van der Waals surface area (Å²) in [6.45, 7) is 7.49. The Morgan fingerprint density at radius 3 is 2.36 bits per heavy atom.